The lowest BCUT2D eigenvalue weighted by molar-refractivity contribution is 0.0601. The molecule has 4 heteroatoms. The lowest BCUT2D eigenvalue weighted by Crippen LogP contribution is -2.21. The Morgan fingerprint density at radius 3 is 2.45 bits per heavy atom. The number of nitrogens with one attached hydrogen (secondary N) is 1. The number of hydrogen-bond donors (Lipinski definition) is 2. The molecule has 2 rings (SSSR count). The highest BCUT2D eigenvalue weighted by Gasteiger charge is 2.13. The van der Waals surface area contributed by atoms with Crippen molar-refractivity contribution in [2.75, 3.05) is 18.2 Å². The summed E-state index contributed by atoms with van der Waals surface area (Å²) in [7, 11) is 1.37. The quantitative estimate of drug-likeness (QED) is 0.654. The van der Waals surface area contributed by atoms with Crippen molar-refractivity contribution >= 4 is 17.3 Å². The van der Waals surface area contributed by atoms with Gasteiger partial charge in [0.25, 0.3) is 0 Å². The average Bonchev–Trinajstić information content (AvgIpc) is 2.42. The Hall–Kier alpha value is -1.71. The molecule has 1 aliphatic rings. The number of anilines is 2. The normalized spacial score (nSPS) is 17.1. The van der Waals surface area contributed by atoms with Gasteiger partial charge >= 0.3 is 5.97 Å². The monoisotopic (exact) mass is 276 g/mol. The number of carbonyl (C=O) groups is 1. The molecule has 1 fully saturated rings. The Kier molecular flexibility index (Phi) is 5.27. The molecule has 1 aliphatic carbocycles. The van der Waals surface area contributed by atoms with Crippen LogP contribution >= 0.6 is 0 Å². The van der Waals surface area contributed by atoms with Crippen molar-refractivity contribution in [1.29, 1.82) is 0 Å². The molecule has 0 atom stereocenters. The van der Waals surface area contributed by atoms with Crippen molar-refractivity contribution in [3.05, 3.63) is 23.8 Å². The van der Waals surface area contributed by atoms with Crippen LogP contribution in [0.1, 0.15) is 55.3 Å². The molecule has 0 amide bonds. The summed E-state index contributed by atoms with van der Waals surface area (Å²) in [5.41, 5.74) is 8.05. The van der Waals surface area contributed by atoms with Crippen LogP contribution in [0, 0.1) is 0 Å². The highest BCUT2D eigenvalue weighted by atomic mass is 16.5. The maximum absolute atomic E-state index is 11.5. The summed E-state index contributed by atoms with van der Waals surface area (Å²) >= 11 is 0. The lowest BCUT2D eigenvalue weighted by Gasteiger charge is -2.23. The maximum Gasteiger partial charge on any atom is 0.337 e. The Labute approximate surface area is 120 Å². The van der Waals surface area contributed by atoms with E-state index >= 15 is 0 Å². The molecule has 1 aromatic carbocycles. The minimum Gasteiger partial charge on any atom is -0.465 e. The molecule has 4 nitrogen and oxygen atoms in total. The number of nitrogens with two attached hydrogens (primary N) is 1. The smallest absolute Gasteiger partial charge is 0.337 e. The van der Waals surface area contributed by atoms with E-state index < -0.39 is 0 Å². The fourth-order valence-electron chi connectivity index (χ4n) is 2.76. The van der Waals surface area contributed by atoms with Crippen LogP contribution in [-0.2, 0) is 4.74 Å². The molecule has 0 bridgehead atoms. The number of rotatable bonds is 3. The molecule has 1 saturated carbocycles. The molecule has 0 spiro atoms. The predicted octanol–water partition coefficient (Wildman–Crippen LogP) is 3.58. The molecule has 1 aromatic rings. The van der Waals surface area contributed by atoms with Crippen molar-refractivity contribution in [2.45, 2.75) is 51.0 Å². The van der Waals surface area contributed by atoms with Crippen molar-refractivity contribution in [2.24, 2.45) is 0 Å². The highest BCUT2D eigenvalue weighted by molar-refractivity contribution is 5.91. The fraction of sp³-hybridized carbons (Fsp3) is 0.562. The summed E-state index contributed by atoms with van der Waals surface area (Å²) in [5.74, 6) is -0.353. The summed E-state index contributed by atoms with van der Waals surface area (Å²) in [5, 5.41) is 3.52. The molecule has 3 N–H and O–H groups in total. The Bertz CT molecular complexity index is 452. The second-order valence-corrected chi connectivity index (χ2v) is 5.48. The molecular weight excluding hydrogens is 252 g/mol. The first-order valence-corrected chi connectivity index (χ1v) is 7.45. The van der Waals surface area contributed by atoms with E-state index in [0.717, 1.165) is 5.69 Å². The second kappa shape index (κ2) is 7.17. The minimum atomic E-state index is -0.353. The average molecular weight is 276 g/mol. The molecular formula is C16H24N2O2. The van der Waals surface area contributed by atoms with Gasteiger partial charge in [0.15, 0.2) is 0 Å². The van der Waals surface area contributed by atoms with Gasteiger partial charge in [-0.3, -0.25) is 0 Å². The van der Waals surface area contributed by atoms with E-state index in [1.807, 2.05) is 6.07 Å². The number of carbonyl (C=O) groups excluding carboxylic acids is 1. The Morgan fingerprint density at radius 1 is 1.20 bits per heavy atom. The molecule has 0 aliphatic heterocycles. The van der Waals surface area contributed by atoms with Crippen molar-refractivity contribution in [1.82, 2.24) is 0 Å². The van der Waals surface area contributed by atoms with Crippen LogP contribution in [0.4, 0.5) is 11.4 Å². The standard InChI is InChI=1S/C16H24N2O2/c1-20-16(19)12-9-10-15(14(17)11-12)18-13-7-5-3-2-4-6-8-13/h9-11,13,18H,2-8,17H2,1H3. The van der Waals surface area contributed by atoms with E-state index in [1.165, 1.54) is 52.1 Å². The van der Waals surface area contributed by atoms with Gasteiger partial charge in [-0.1, -0.05) is 32.1 Å². The number of benzene rings is 1. The van der Waals surface area contributed by atoms with E-state index in [4.69, 9.17) is 10.5 Å². The SMILES string of the molecule is COC(=O)c1ccc(NC2CCCCCCC2)c(N)c1. The summed E-state index contributed by atoms with van der Waals surface area (Å²) in [4.78, 5) is 11.5. The maximum atomic E-state index is 11.5. The van der Waals surface area contributed by atoms with E-state index in [-0.39, 0.29) is 5.97 Å². The van der Waals surface area contributed by atoms with E-state index in [0.29, 0.717) is 17.3 Å². The highest BCUT2D eigenvalue weighted by Crippen LogP contribution is 2.25. The Balaban J connectivity index is 2.03. The van der Waals surface area contributed by atoms with Gasteiger partial charge in [-0.05, 0) is 31.0 Å². The van der Waals surface area contributed by atoms with Crippen LogP contribution in [0.25, 0.3) is 0 Å². The topological polar surface area (TPSA) is 64.3 Å². The van der Waals surface area contributed by atoms with Gasteiger partial charge in [-0.2, -0.15) is 0 Å². The summed E-state index contributed by atoms with van der Waals surface area (Å²) in [6, 6.07) is 5.80. The number of nitrogen functional groups attached to an aromatic ring is 1. The number of ether oxygens (including phenoxy) is 1. The largest absolute Gasteiger partial charge is 0.465 e. The van der Waals surface area contributed by atoms with Gasteiger partial charge in [0.05, 0.1) is 24.0 Å². The van der Waals surface area contributed by atoms with Gasteiger partial charge in [0, 0.05) is 6.04 Å². The number of methoxy groups -OCH3 is 1. The fourth-order valence-corrected chi connectivity index (χ4v) is 2.76. The number of hydrogen-bond acceptors (Lipinski definition) is 4. The second-order valence-electron chi connectivity index (χ2n) is 5.48. The molecule has 0 aromatic heterocycles. The predicted molar refractivity (Wildman–Crippen MR) is 81.9 cm³/mol. The molecule has 110 valence electrons. The third kappa shape index (κ3) is 3.89. The van der Waals surface area contributed by atoms with Crippen molar-refractivity contribution < 1.29 is 9.53 Å². The molecule has 20 heavy (non-hydrogen) atoms. The van der Waals surface area contributed by atoms with Crippen LogP contribution < -0.4 is 11.1 Å². The third-order valence-corrected chi connectivity index (χ3v) is 3.94. The van der Waals surface area contributed by atoms with Crippen molar-refractivity contribution in [3.8, 4) is 0 Å². The summed E-state index contributed by atoms with van der Waals surface area (Å²) in [6.07, 6.45) is 8.96. The van der Waals surface area contributed by atoms with Gasteiger partial charge in [0.1, 0.15) is 0 Å². The van der Waals surface area contributed by atoms with Crippen molar-refractivity contribution in [3.63, 3.8) is 0 Å². The van der Waals surface area contributed by atoms with E-state index in [9.17, 15) is 4.79 Å². The molecule has 0 unspecified atom stereocenters. The van der Waals surface area contributed by atoms with Crippen LogP contribution in [0.15, 0.2) is 18.2 Å². The zero-order valence-corrected chi connectivity index (χ0v) is 12.2. The van der Waals surface area contributed by atoms with E-state index in [2.05, 4.69) is 5.32 Å². The van der Waals surface area contributed by atoms with Crippen LogP contribution in [0.5, 0.6) is 0 Å². The van der Waals surface area contributed by atoms with Gasteiger partial charge in [0.2, 0.25) is 0 Å². The summed E-state index contributed by atoms with van der Waals surface area (Å²) in [6.45, 7) is 0. The molecule has 0 heterocycles. The van der Waals surface area contributed by atoms with E-state index in [1.54, 1.807) is 12.1 Å². The van der Waals surface area contributed by atoms with Gasteiger partial charge < -0.3 is 15.8 Å². The lowest BCUT2D eigenvalue weighted by atomic mass is 9.96. The first-order chi connectivity index (χ1) is 9.70. The van der Waals surface area contributed by atoms with Crippen LogP contribution in [-0.4, -0.2) is 19.1 Å². The van der Waals surface area contributed by atoms with Gasteiger partial charge in [-0.15, -0.1) is 0 Å². The zero-order chi connectivity index (χ0) is 14.4. The molecule has 0 radical (unpaired) electrons. The van der Waals surface area contributed by atoms with Gasteiger partial charge in [-0.25, -0.2) is 4.79 Å². The minimum absolute atomic E-state index is 0.353. The van der Waals surface area contributed by atoms with Crippen LogP contribution in [0.2, 0.25) is 0 Å². The first kappa shape index (κ1) is 14.7. The third-order valence-electron chi connectivity index (χ3n) is 3.94. The summed E-state index contributed by atoms with van der Waals surface area (Å²) < 4.78 is 4.70. The molecule has 0 saturated heterocycles. The first-order valence-electron chi connectivity index (χ1n) is 7.45. The Morgan fingerprint density at radius 2 is 1.85 bits per heavy atom. The number of esters is 1. The zero-order valence-electron chi connectivity index (χ0n) is 12.2. The van der Waals surface area contributed by atoms with Crippen LogP contribution in [0.3, 0.4) is 0 Å².